The highest BCUT2D eigenvalue weighted by Gasteiger charge is 2.30. The number of aromatic nitrogens is 2. The Morgan fingerprint density at radius 3 is 2.14 bits per heavy atom. The van der Waals surface area contributed by atoms with Crippen LogP contribution in [0, 0.1) is 5.92 Å². The van der Waals surface area contributed by atoms with Crippen molar-refractivity contribution in [3.8, 4) is 0 Å². The van der Waals surface area contributed by atoms with E-state index in [9.17, 15) is 24.3 Å². The van der Waals surface area contributed by atoms with Gasteiger partial charge in [0.1, 0.15) is 18.1 Å². The molecule has 0 spiro atoms. The van der Waals surface area contributed by atoms with Crippen molar-refractivity contribution in [1.82, 2.24) is 25.9 Å². The van der Waals surface area contributed by atoms with Crippen LogP contribution in [0.2, 0.25) is 0 Å². The number of nitrogens with two attached hydrogens (primary N) is 1. The molecule has 0 aliphatic carbocycles. The fourth-order valence-electron chi connectivity index (χ4n) is 3.50. The summed E-state index contributed by atoms with van der Waals surface area (Å²) in [7, 11) is 0. The molecule has 2 rings (SSSR count). The number of benzene rings is 1. The molecule has 1 aromatic carbocycles. The second-order valence-corrected chi connectivity index (χ2v) is 9.28. The first-order chi connectivity index (χ1) is 17.1. The molecular weight excluding hydrogens is 484 g/mol. The molecule has 1 aromatic heterocycles. The Morgan fingerprint density at radius 1 is 0.972 bits per heavy atom. The summed E-state index contributed by atoms with van der Waals surface area (Å²) in [6.07, 6.45) is 3.69. The molecule has 0 saturated heterocycles. The van der Waals surface area contributed by atoms with E-state index in [1.54, 1.807) is 30.5 Å². The molecule has 196 valence electrons. The zero-order valence-corrected chi connectivity index (χ0v) is 21.2. The van der Waals surface area contributed by atoms with Gasteiger partial charge < -0.3 is 31.8 Å². The van der Waals surface area contributed by atoms with Gasteiger partial charge in [0.2, 0.25) is 17.7 Å². The number of aliphatic carboxylic acids is 1. The van der Waals surface area contributed by atoms with Crippen LogP contribution < -0.4 is 21.7 Å². The number of carboxylic acid groups (broad SMARTS) is 1. The number of carbonyl (C=O) groups is 4. The number of hydrogen-bond donors (Lipinski definition) is 7. The molecule has 1 heterocycles. The van der Waals surface area contributed by atoms with Crippen molar-refractivity contribution in [2.45, 2.75) is 57.3 Å². The molecule has 2 aromatic rings. The van der Waals surface area contributed by atoms with Crippen molar-refractivity contribution in [3.63, 3.8) is 0 Å². The fraction of sp³-hybridized carbons (Fsp3) is 0.458. The predicted octanol–water partition coefficient (Wildman–Crippen LogP) is 0.0371. The number of hydrogen-bond acceptors (Lipinski definition) is 7. The van der Waals surface area contributed by atoms with Crippen molar-refractivity contribution in [2.24, 2.45) is 11.7 Å². The molecule has 0 fully saturated rings. The number of aromatic amines is 1. The van der Waals surface area contributed by atoms with Gasteiger partial charge in [-0.15, -0.1) is 0 Å². The lowest BCUT2D eigenvalue weighted by atomic mass is 10.0. The molecule has 4 atom stereocenters. The molecule has 0 aliphatic heterocycles. The lowest BCUT2D eigenvalue weighted by Crippen LogP contribution is -2.58. The van der Waals surface area contributed by atoms with Crippen LogP contribution in [-0.2, 0) is 32.0 Å². The molecule has 11 nitrogen and oxygen atoms in total. The van der Waals surface area contributed by atoms with Crippen molar-refractivity contribution in [2.75, 3.05) is 5.75 Å². The first kappa shape index (κ1) is 28.9. The van der Waals surface area contributed by atoms with E-state index in [1.807, 2.05) is 19.9 Å². The Morgan fingerprint density at radius 2 is 1.58 bits per heavy atom. The van der Waals surface area contributed by atoms with Gasteiger partial charge in [-0.1, -0.05) is 44.2 Å². The number of thiol groups is 1. The van der Waals surface area contributed by atoms with Gasteiger partial charge in [0, 0.05) is 30.5 Å². The van der Waals surface area contributed by atoms with Gasteiger partial charge in [-0.3, -0.25) is 14.4 Å². The summed E-state index contributed by atoms with van der Waals surface area (Å²) >= 11 is 3.98. The zero-order valence-electron chi connectivity index (χ0n) is 20.3. The van der Waals surface area contributed by atoms with Crippen molar-refractivity contribution < 1.29 is 24.3 Å². The molecule has 4 unspecified atom stereocenters. The Kier molecular flexibility index (Phi) is 11.4. The normalized spacial score (nSPS) is 14.4. The van der Waals surface area contributed by atoms with Crippen LogP contribution in [0.5, 0.6) is 0 Å². The van der Waals surface area contributed by atoms with Gasteiger partial charge in [-0.2, -0.15) is 12.6 Å². The van der Waals surface area contributed by atoms with Crippen molar-refractivity contribution >= 4 is 36.3 Å². The van der Waals surface area contributed by atoms with Gasteiger partial charge in [0.25, 0.3) is 0 Å². The lowest BCUT2D eigenvalue weighted by Gasteiger charge is -2.26. The van der Waals surface area contributed by atoms with Gasteiger partial charge in [-0.05, 0) is 17.9 Å². The quantitative estimate of drug-likeness (QED) is 0.172. The SMILES string of the molecule is CC(C)CC(NC(=O)C(N)Cc1cnc[nH]1)C(=O)NC(Cc1ccccc1)C(=O)NC(CS)C(=O)O. The Bertz CT molecular complexity index is 1000. The highest BCUT2D eigenvalue weighted by Crippen LogP contribution is 2.09. The first-order valence-electron chi connectivity index (χ1n) is 11.6. The van der Waals surface area contributed by atoms with Crippen LogP contribution in [0.3, 0.4) is 0 Å². The highest BCUT2D eigenvalue weighted by molar-refractivity contribution is 7.80. The van der Waals surface area contributed by atoms with E-state index < -0.39 is 47.9 Å². The van der Waals surface area contributed by atoms with Crippen LogP contribution in [-0.4, -0.2) is 68.7 Å². The van der Waals surface area contributed by atoms with Gasteiger partial charge >= 0.3 is 5.97 Å². The van der Waals surface area contributed by atoms with Crippen LogP contribution in [0.25, 0.3) is 0 Å². The minimum atomic E-state index is -1.24. The van der Waals surface area contributed by atoms with Crippen LogP contribution in [0.1, 0.15) is 31.5 Å². The van der Waals surface area contributed by atoms with E-state index >= 15 is 0 Å². The number of nitrogens with one attached hydrogen (secondary N) is 4. The van der Waals surface area contributed by atoms with Crippen LogP contribution >= 0.6 is 12.6 Å². The van der Waals surface area contributed by atoms with E-state index in [0.29, 0.717) is 12.1 Å². The largest absolute Gasteiger partial charge is 0.480 e. The number of carbonyl (C=O) groups excluding carboxylic acids is 3. The summed E-state index contributed by atoms with van der Waals surface area (Å²) in [5, 5.41) is 17.1. The fourth-order valence-corrected chi connectivity index (χ4v) is 3.74. The Labute approximate surface area is 215 Å². The van der Waals surface area contributed by atoms with Gasteiger partial charge in [0.05, 0.1) is 12.4 Å². The highest BCUT2D eigenvalue weighted by atomic mass is 32.1. The topological polar surface area (TPSA) is 179 Å². The number of carboxylic acids is 1. The lowest BCUT2D eigenvalue weighted by molar-refractivity contribution is -0.141. The molecule has 12 heteroatoms. The summed E-state index contributed by atoms with van der Waals surface area (Å²) in [4.78, 5) is 57.1. The standard InChI is InChI=1S/C24H34N6O5S/c1-14(2)8-18(28-21(31)17(25)10-16-11-26-13-27-16)22(32)29-19(9-15-6-4-3-5-7-15)23(33)30-20(12-36)24(34)35/h3-7,11,13-14,17-20,36H,8-10,12,25H2,1-2H3,(H,26,27)(H,28,31)(H,29,32)(H,30,33)(H,34,35). The third-order valence-electron chi connectivity index (χ3n) is 5.38. The zero-order chi connectivity index (χ0) is 26.7. The number of rotatable bonds is 14. The molecule has 3 amide bonds. The summed E-state index contributed by atoms with van der Waals surface area (Å²) in [5.74, 6) is -3.06. The first-order valence-corrected chi connectivity index (χ1v) is 12.3. The summed E-state index contributed by atoms with van der Waals surface area (Å²) < 4.78 is 0. The van der Waals surface area contributed by atoms with E-state index in [0.717, 1.165) is 5.56 Å². The second-order valence-electron chi connectivity index (χ2n) is 8.91. The Hall–Kier alpha value is -3.38. The van der Waals surface area contributed by atoms with E-state index in [4.69, 9.17) is 5.73 Å². The minimum absolute atomic E-state index is 0.0480. The molecule has 0 bridgehead atoms. The van der Waals surface area contributed by atoms with E-state index in [1.165, 1.54) is 6.33 Å². The van der Waals surface area contributed by atoms with E-state index in [-0.39, 0.29) is 24.5 Å². The summed E-state index contributed by atoms with van der Waals surface area (Å²) in [5.41, 5.74) is 7.46. The van der Waals surface area contributed by atoms with Crippen LogP contribution in [0.15, 0.2) is 42.9 Å². The maximum Gasteiger partial charge on any atom is 0.327 e. The Balaban J connectivity index is 2.17. The number of H-pyrrole nitrogens is 1. The molecule has 0 radical (unpaired) electrons. The molecule has 0 saturated carbocycles. The maximum atomic E-state index is 13.3. The summed E-state index contributed by atoms with van der Waals surface area (Å²) in [6.45, 7) is 3.80. The van der Waals surface area contributed by atoms with E-state index in [2.05, 4.69) is 38.5 Å². The number of imidazole rings is 1. The average molecular weight is 519 g/mol. The van der Waals surface area contributed by atoms with Crippen molar-refractivity contribution in [1.29, 1.82) is 0 Å². The molecular formula is C24H34N6O5S. The van der Waals surface area contributed by atoms with Gasteiger partial charge in [-0.25, -0.2) is 9.78 Å². The average Bonchev–Trinajstić information content (AvgIpc) is 3.34. The maximum absolute atomic E-state index is 13.3. The molecule has 0 aliphatic rings. The minimum Gasteiger partial charge on any atom is -0.480 e. The number of amides is 3. The summed E-state index contributed by atoms with van der Waals surface area (Å²) in [6, 6.07) is 4.84. The molecule has 7 N–H and O–H groups in total. The number of nitrogens with zero attached hydrogens (tertiary/aromatic N) is 1. The smallest absolute Gasteiger partial charge is 0.327 e. The third kappa shape index (κ3) is 9.34. The second kappa shape index (κ2) is 14.2. The predicted molar refractivity (Wildman–Crippen MR) is 137 cm³/mol. The van der Waals surface area contributed by atoms with Crippen LogP contribution in [0.4, 0.5) is 0 Å². The van der Waals surface area contributed by atoms with Crippen molar-refractivity contribution in [3.05, 3.63) is 54.1 Å². The third-order valence-corrected chi connectivity index (χ3v) is 5.75. The van der Waals surface area contributed by atoms with Gasteiger partial charge in [0.15, 0.2) is 0 Å². The molecule has 36 heavy (non-hydrogen) atoms. The monoisotopic (exact) mass is 518 g/mol.